The predicted octanol–water partition coefficient (Wildman–Crippen LogP) is 2.64. The topological polar surface area (TPSA) is 57.0 Å². The summed E-state index contributed by atoms with van der Waals surface area (Å²) in [5.74, 6) is 0.799. The van der Waals surface area contributed by atoms with Crippen LogP contribution in [0.3, 0.4) is 0 Å². The van der Waals surface area contributed by atoms with Crippen LogP contribution in [0, 0.1) is 0 Å². The van der Waals surface area contributed by atoms with Gasteiger partial charge in [0.25, 0.3) is 5.91 Å². The van der Waals surface area contributed by atoms with Gasteiger partial charge in [0.05, 0.1) is 26.2 Å². The Morgan fingerprint density at radius 1 is 1.11 bits per heavy atom. The summed E-state index contributed by atoms with van der Waals surface area (Å²) < 4.78 is 0. The second-order valence-corrected chi connectivity index (χ2v) is 7.77. The van der Waals surface area contributed by atoms with E-state index in [-0.39, 0.29) is 17.7 Å². The van der Waals surface area contributed by atoms with Crippen LogP contribution in [-0.4, -0.2) is 43.2 Å². The van der Waals surface area contributed by atoms with E-state index in [2.05, 4.69) is 30.1 Å². The number of phenols is 1. The van der Waals surface area contributed by atoms with E-state index in [4.69, 9.17) is 0 Å². The predicted molar refractivity (Wildman–Crippen MR) is 114 cm³/mol. The maximum atomic E-state index is 12.9. The van der Waals surface area contributed by atoms with Crippen LogP contribution >= 0.6 is 0 Å². The molecule has 3 rings (SSSR count). The van der Waals surface area contributed by atoms with Gasteiger partial charge in [-0.1, -0.05) is 32.0 Å². The molecule has 1 fully saturated rings. The molecule has 0 bridgehead atoms. The molecule has 3 N–H and O–H groups in total. The quantitative estimate of drug-likeness (QED) is 0.720. The lowest BCUT2D eigenvalue weighted by Crippen LogP contribution is -3.19. The third-order valence-electron chi connectivity index (χ3n) is 5.99. The van der Waals surface area contributed by atoms with E-state index in [0.717, 1.165) is 44.0 Å². The van der Waals surface area contributed by atoms with Gasteiger partial charge >= 0.3 is 0 Å². The molecule has 0 aliphatic carbocycles. The van der Waals surface area contributed by atoms with Crippen LogP contribution in [0.25, 0.3) is 0 Å². The van der Waals surface area contributed by atoms with Crippen molar-refractivity contribution in [1.82, 2.24) is 0 Å². The van der Waals surface area contributed by atoms with Gasteiger partial charge in [0.1, 0.15) is 5.75 Å². The summed E-state index contributed by atoms with van der Waals surface area (Å²) in [4.78, 5) is 16.5. The molecule has 2 aromatic rings. The number of hydrogen-bond donors (Lipinski definition) is 3. The monoisotopic (exact) mass is 382 g/mol. The molecule has 0 aromatic heterocycles. The lowest BCUT2D eigenvalue weighted by molar-refractivity contribution is -0.914. The number of amides is 1. The molecule has 28 heavy (non-hydrogen) atoms. The molecule has 5 nitrogen and oxygen atoms in total. The molecule has 0 saturated carbocycles. The molecule has 150 valence electrons. The van der Waals surface area contributed by atoms with E-state index in [1.807, 2.05) is 37.3 Å². The van der Waals surface area contributed by atoms with E-state index >= 15 is 0 Å². The molecule has 2 aromatic carbocycles. The molecule has 0 radical (unpaired) electrons. The molecule has 1 aliphatic heterocycles. The molecule has 0 spiro atoms. The van der Waals surface area contributed by atoms with Gasteiger partial charge in [0, 0.05) is 11.4 Å². The van der Waals surface area contributed by atoms with E-state index < -0.39 is 0 Å². The van der Waals surface area contributed by atoms with Crippen LogP contribution in [0.5, 0.6) is 5.75 Å². The number of quaternary nitrogens is 1. The van der Waals surface area contributed by atoms with Crippen LogP contribution < -0.4 is 15.1 Å². The minimum absolute atomic E-state index is 0.0869. The number of para-hydroxylation sites is 1. The van der Waals surface area contributed by atoms with Crippen molar-refractivity contribution in [2.45, 2.75) is 39.2 Å². The number of aromatic hydroxyl groups is 1. The minimum atomic E-state index is -0.0908. The first-order chi connectivity index (χ1) is 13.5. The highest BCUT2D eigenvalue weighted by Gasteiger charge is 2.29. The Morgan fingerprint density at radius 2 is 1.75 bits per heavy atom. The first-order valence-electron chi connectivity index (χ1n) is 10.3. The van der Waals surface area contributed by atoms with Gasteiger partial charge in [-0.15, -0.1) is 0 Å². The van der Waals surface area contributed by atoms with Crippen molar-refractivity contribution >= 4 is 17.3 Å². The van der Waals surface area contributed by atoms with Gasteiger partial charge in [0.2, 0.25) is 0 Å². The van der Waals surface area contributed by atoms with Crippen molar-refractivity contribution in [2.75, 3.05) is 36.4 Å². The van der Waals surface area contributed by atoms with Crippen LogP contribution in [0.15, 0.2) is 48.5 Å². The Morgan fingerprint density at radius 3 is 2.39 bits per heavy atom. The second kappa shape index (κ2) is 9.11. The summed E-state index contributed by atoms with van der Waals surface area (Å²) in [6.07, 6.45) is 1.05. The van der Waals surface area contributed by atoms with Gasteiger partial charge in [-0.05, 0) is 55.2 Å². The largest absolute Gasteiger partial charge is 0.508 e. The maximum absolute atomic E-state index is 12.9. The van der Waals surface area contributed by atoms with E-state index in [0.29, 0.717) is 5.92 Å². The first kappa shape index (κ1) is 20.2. The zero-order chi connectivity index (χ0) is 20.1. The Labute approximate surface area is 168 Å². The Bertz CT molecular complexity index is 783. The zero-order valence-corrected chi connectivity index (χ0v) is 17.1. The van der Waals surface area contributed by atoms with Crippen LogP contribution in [0.4, 0.5) is 11.4 Å². The summed E-state index contributed by atoms with van der Waals surface area (Å²) >= 11 is 0. The van der Waals surface area contributed by atoms with Crippen molar-refractivity contribution in [2.24, 2.45) is 0 Å². The van der Waals surface area contributed by atoms with Crippen molar-refractivity contribution in [1.29, 1.82) is 0 Å². The highest BCUT2D eigenvalue weighted by molar-refractivity contribution is 5.94. The van der Waals surface area contributed by atoms with Gasteiger partial charge in [-0.25, -0.2) is 0 Å². The Balaban J connectivity index is 1.58. The Kier molecular flexibility index (Phi) is 6.57. The number of piperazine rings is 1. The molecular formula is C23H32N3O2+. The lowest BCUT2D eigenvalue weighted by Gasteiger charge is -2.36. The third-order valence-corrected chi connectivity index (χ3v) is 5.99. The molecule has 1 heterocycles. The highest BCUT2D eigenvalue weighted by atomic mass is 16.3. The normalized spacial score (nSPS) is 17.2. The number of rotatable bonds is 6. The van der Waals surface area contributed by atoms with Crippen molar-refractivity contribution in [3.05, 3.63) is 54.1 Å². The van der Waals surface area contributed by atoms with Gasteiger partial charge < -0.3 is 20.2 Å². The maximum Gasteiger partial charge on any atom is 0.282 e. The highest BCUT2D eigenvalue weighted by Crippen LogP contribution is 2.26. The van der Waals surface area contributed by atoms with Crippen LogP contribution in [0.2, 0.25) is 0 Å². The van der Waals surface area contributed by atoms with Crippen LogP contribution in [-0.2, 0) is 4.79 Å². The van der Waals surface area contributed by atoms with E-state index in [1.54, 1.807) is 12.1 Å². The second-order valence-electron chi connectivity index (χ2n) is 7.77. The number of benzene rings is 2. The summed E-state index contributed by atoms with van der Waals surface area (Å²) in [6.45, 7) is 10.0. The van der Waals surface area contributed by atoms with Crippen molar-refractivity contribution in [3.8, 4) is 5.75 Å². The van der Waals surface area contributed by atoms with Crippen molar-refractivity contribution < 1.29 is 14.8 Å². The van der Waals surface area contributed by atoms with Crippen LogP contribution in [0.1, 0.15) is 38.7 Å². The van der Waals surface area contributed by atoms with Gasteiger partial charge in [-0.2, -0.15) is 0 Å². The fourth-order valence-electron chi connectivity index (χ4n) is 3.84. The average molecular weight is 383 g/mol. The molecule has 1 saturated heterocycles. The molecule has 1 amide bonds. The number of phenolic OH excluding ortho intramolecular Hbond substituents is 1. The lowest BCUT2D eigenvalue weighted by atomic mass is 9.97. The average Bonchev–Trinajstić information content (AvgIpc) is 2.73. The summed E-state index contributed by atoms with van der Waals surface area (Å²) in [5, 5.41) is 12.6. The summed E-state index contributed by atoms with van der Waals surface area (Å²) in [6, 6.07) is 15.4. The molecule has 0 unspecified atom stereocenters. The van der Waals surface area contributed by atoms with E-state index in [1.165, 1.54) is 10.5 Å². The number of hydrogen-bond acceptors (Lipinski definition) is 3. The first-order valence-corrected chi connectivity index (χ1v) is 10.3. The summed E-state index contributed by atoms with van der Waals surface area (Å²) in [5.41, 5.74) is 3.27. The third kappa shape index (κ3) is 4.65. The molecule has 1 aliphatic rings. The standard InChI is InChI=1S/C23H31N3O2/c1-4-17(2)21-7-5-6-8-22(21)24-23(28)18(3)25-13-15-26(16-14-25)19-9-11-20(27)12-10-19/h5-12,17-18,27H,4,13-16H2,1-3H3,(H,24,28)/p+1/t17-,18+/m0/s1. The fourth-order valence-corrected chi connectivity index (χ4v) is 3.84. The number of nitrogens with one attached hydrogen (secondary N) is 2. The number of carbonyl (C=O) groups excluding carboxylic acids is 1. The van der Waals surface area contributed by atoms with Gasteiger partial charge in [-0.3, -0.25) is 4.79 Å². The van der Waals surface area contributed by atoms with Gasteiger partial charge in [0.15, 0.2) is 6.04 Å². The molecule has 5 heteroatoms. The zero-order valence-electron chi connectivity index (χ0n) is 17.1. The SMILES string of the molecule is CC[C@H](C)c1ccccc1NC(=O)[C@@H](C)[NH+]1CCN(c2ccc(O)cc2)CC1. The molecular weight excluding hydrogens is 350 g/mol. The number of nitrogens with zero attached hydrogens (tertiary/aromatic N) is 1. The minimum Gasteiger partial charge on any atom is -0.508 e. The summed E-state index contributed by atoms with van der Waals surface area (Å²) in [7, 11) is 0. The Hall–Kier alpha value is -2.53. The smallest absolute Gasteiger partial charge is 0.282 e. The van der Waals surface area contributed by atoms with Crippen molar-refractivity contribution in [3.63, 3.8) is 0 Å². The number of carbonyl (C=O) groups is 1. The molecule has 2 atom stereocenters. The van der Waals surface area contributed by atoms with E-state index in [9.17, 15) is 9.90 Å². The fraction of sp³-hybridized carbons (Fsp3) is 0.435. The number of anilines is 2.